The van der Waals surface area contributed by atoms with Crippen LogP contribution in [0.5, 0.6) is 0 Å². The topological polar surface area (TPSA) is 98.6 Å². The lowest BCUT2D eigenvalue weighted by atomic mass is 10.4. The summed E-state index contributed by atoms with van der Waals surface area (Å²) >= 11 is 0. The number of nitrogens with two attached hydrogens (primary N) is 1. The van der Waals surface area contributed by atoms with Crippen molar-refractivity contribution in [2.45, 2.75) is 0 Å². The lowest BCUT2D eigenvalue weighted by molar-refractivity contribution is -0.114. The second kappa shape index (κ2) is 11.6. The van der Waals surface area contributed by atoms with Gasteiger partial charge < -0.3 is 15.2 Å². The van der Waals surface area contributed by atoms with Crippen LogP contribution < -0.4 is 5.73 Å². The van der Waals surface area contributed by atoms with Gasteiger partial charge in [0, 0.05) is 12.4 Å². The highest BCUT2D eigenvalue weighted by Gasteiger charge is 1.99. The summed E-state index contributed by atoms with van der Waals surface area (Å²) < 4.78 is 10.2. The second-order valence-electron chi connectivity index (χ2n) is 3.59. The highest BCUT2D eigenvalue weighted by Crippen LogP contribution is 1.95. The molecule has 7 heteroatoms. The number of rotatable bonds is 1. The van der Waals surface area contributed by atoms with E-state index in [1.165, 1.54) is 49.8 Å². The predicted octanol–water partition coefficient (Wildman–Crippen LogP) is 1.63. The average Bonchev–Trinajstić information content (AvgIpc) is 2.50. The van der Waals surface area contributed by atoms with Gasteiger partial charge in [0.1, 0.15) is 18.6 Å². The van der Waals surface area contributed by atoms with Gasteiger partial charge in [0.25, 0.3) is 5.91 Å². The molecule has 0 spiro atoms. The van der Waals surface area contributed by atoms with Crippen molar-refractivity contribution in [2.24, 2.45) is 20.7 Å². The fourth-order valence-electron chi connectivity index (χ4n) is 1.06. The first kappa shape index (κ1) is 16.8. The van der Waals surface area contributed by atoms with Crippen LogP contribution in [0.3, 0.4) is 0 Å². The van der Waals surface area contributed by atoms with Gasteiger partial charge in [0.2, 0.25) is 0 Å². The van der Waals surface area contributed by atoms with E-state index >= 15 is 0 Å². The summed E-state index contributed by atoms with van der Waals surface area (Å²) in [4.78, 5) is 22.7. The number of carbonyl (C=O) groups is 1. The minimum absolute atomic E-state index is 0.00771. The number of nitrogens with zero attached hydrogens (tertiary/aromatic N) is 3. The van der Waals surface area contributed by atoms with Gasteiger partial charge in [-0.2, -0.15) is 0 Å². The van der Waals surface area contributed by atoms with E-state index < -0.39 is 5.91 Å². The number of hydrogen-bond donors (Lipinski definition) is 1. The summed E-state index contributed by atoms with van der Waals surface area (Å²) in [5, 5.41) is 0. The molecule has 0 radical (unpaired) electrons. The van der Waals surface area contributed by atoms with Crippen LogP contribution in [-0.4, -0.2) is 31.3 Å². The Morgan fingerprint density at radius 2 is 1.82 bits per heavy atom. The number of primary amides is 1. The molecular formula is C15H16N4O3. The van der Waals surface area contributed by atoms with E-state index in [2.05, 4.69) is 15.0 Å². The zero-order valence-electron chi connectivity index (χ0n) is 11.8. The number of aliphatic imine (C=N–C) groups is 3. The monoisotopic (exact) mass is 300 g/mol. The van der Waals surface area contributed by atoms with Crippen molar-refractivity contribution >= 4 is 24.7 Å². The van der Waals surface area contributed by atoms with Crippen LogP contribution in [0.1, 0.15) is 0 Å². The van der Waals surface area contributed by atoms with Crippen molar-refractivity contribution in [1.82, 2.24) is 0 Å². The molecule has 1 rings (SSSR count). The smallest absolute Gasteiger partial charge is 0.268 e. The fourth-order valence-corrected chi connectivity index (χ4v) is 1.06. The molecule has 0 aromatic rings. The van der Waals surface area contributed by atoms with E-state index in [-0.39, 0.29) is 5.70 Å². The Kier molecular flexibility index (Phi) is 8.87. The maximum Gasteiger partial charge on any atom is 0.268 e. The quantitative estimate of drug-likeness (QED) is 0.796. The highest BCUT2D eigenvalue weighted by atomic mass is 16.5. The molecule has 1 aliphatic heterocycles. The van der Waals surface area contributed by atoms with Crippen LogP contribution in [0, 0.1) is 0 Å². The molecule has 0 aliphatic carbocycles. The third-order valence-corrected chi connectivity index (χ3v) is 1.98. The van der Waals surface area contributed by atoms with E-state index in [4.69, 9.17) is 15.2 Å². The predicted molar refractivity (Wildman–Crippen MR) is 86.4 cm³/mol. The molecule has 2 N–H and O–H groups in total. The summed E-state index contributed by atoms with van der Waals surface area (Å²) in [6.07, 6.45) is 18.2. The van der Waals surface area contributed by atoms with Crippen LogP contribution in [0.4, 0.5) is 0 Å². The Hall–Kier alpha value is -3.22. The summed E-state index contributed by atoms with van der Waals surface area (Å²) in [5.41, 5.74) is 5.16. The van der Waals surface area contributed by atoms with Gasteiger partial charge in [0.05, 0.1) is 25.0 Å². The molecule has 0 saturated heterocycles. The van der Waals surface area contributed by atoms with Gasteiger partial charge in [-0.1, -0.05) is 12.2 Å². The van der Waals surface area contributed by atoms with Crippen molar-refractivity contribution in [3.05, 3.63) is 61.1 Å². The minimum Gasteiger partial charge on any atom is -0.496 e. The zero-order valence-corrected chi connectivity index (χ0v) is 11.8. The van der Waals surface area contributed by atoms with Crippen molar-refractivity contribution in [3.63, 3.8) is 0 Å². The molecule has 1 heterocycles. The zero-order chi connectivity index (χ0) is 15.9. The molecule has 0 unspecified atom stereocenters. The highest BCUT2D eigenvalue weighted by molar-refractivity contribution is 5.94. The molecule has 22 heavy (non-hydrogen) atoms. The van der Waals surface area contributed by atoms with Crippen LogP contribution >= 0.6 is 0 Å². The fraction of sp³-hybridized carbons (Fsp3) is 0.0667. The van der Waals surface area contributed by atoms with E-state index in [9.17, 15) is 4.79 Å². The van der Waals surface area contributed by atoms with Gasteiger partial charge in [-0.25, -0.2) is 15.0 Å². The van der Waals surface area contributed by atoms with Gasteiger partial charge in [-0.3, -0.25) is 4.79 Å². The maximum atomic E-state index is 11.1. The molecule has 0 aromatic heterocycles. The Morgan fingerprint density at radius 3 is 2.64 bits per heavy atom. The van der Waals surface area contributed by atoms with Crippen molar-refractivity contribution < 1.29 is 14.3 Å². The standard InChI is InChI=1S/C15H16N4O3/c16-15(20)14-12-18-13-17-7-11-22-9-4-2-1-3-8-21-10-5-6-19-14/h1-10,12-13H,11H2,(H2,16,20). The van der Waals surface area contributed by atoms with Gasteiger partial charge >= 0.3 is 0 Å². The van der Waals surface area contributed by atoms with Gasteiger partial charge in [0.15, 0.2) is 0 Å². The van der Waals surface area contributed by atoms with E-state index in [1.807, 2.05) is 0 Å². The molecule has 0 saturated carbocycles. The summed E-state index contributed by atoms with van der Waals surface area (Å²) in [7, 11) is 0. The molecule has 7 nitrogen and oxygen atoms in total. The number of amides is 1. The van der Waals surface area contributed by atoms with Crippen molar-refractivity contribution in [1.29, 1.82) is 0 Å². The molecule has 114 valence electrons. The molecule has 0 atom stereocenters. The minimum atomic E-state index is -0.698. The first-order chi connectivity index (χ1) is 10.8. The van der Waals surface area contributed by atoms with Crippen LogP contribution in [0.15, 0.2) is 76.0 Å². The lowest BCUT2D eigenvalue weighted by Crippen LogP contribution is -2.12. The number of hydrogen-bond acceptors (Lipinski definition) is 6. The largest absolute Gasteiger partial charge is 0.496 e. The third-order valence-electron chi connectivity index (χ3n) is 1.98. The Morgan fingerprint density at radius 1 is 1.05 bits per heavy atom. The first-order valence-corrected chi connectivity index (χ1v) is 6.28. The Bertz CT molecular complexity index is 582. The summed E-state index contributed by atoms with van der Waals surface area (Å²) in [6, 6.07) is 0. The molecule has 1 aliphatic rings. The van der Waals surface area contributed by atoms with Crippen LogP contribution in [0.2, 0.25) is 0 Å². The summed E-state index contributed by atoms with van der Waals surface area (Å²) in [6.45, 7) is 0.295. The molecule has 0 bridgehead atoms. The number of ether oxygens (including phenoxy) is 2. The van der Waals surface area contributed by atoms with E-state index in [0.29, 0.717) is 6.61 Å². The molecule has 0 aromatic carbocycles. The van der Waals surface area contributed by atoms with Gasteiger partial charge in [-0.05, 0) is 18.2 Å². The molecule has 1 amide bonds. The Labute approximate surface area is 128 Å². The Balaban J connectivity index is 2.79. The molecular weight excluding hydrogens is 284 g/mol. The first-order valence-electron chi connectivity index (χ1n) is 6.28. The molecule has 0 fully saturated rings. The van der Waals surface area contributed by atoms with E-state index in [1.54, 1.807) is 24.3 Å². The lowest BCUT2D eigenvalue weighted by Gasteiger charge is -1.91. The number of carbonyl (C=O) groups excluding carboxylic acids is 1. The van der Waals surface area contributed by atoms with Gasteiger partial charge in [-0.15, -0.1) is 0 Å². The third kappa shape index (κ3) is 8.81. The van der Waals surface area contributed by atoms with E-state index in [0.717, 1.165) is 0 Å². The second-order valence-corrected chi connectivity index (χ2v) is 3.59. The maximum absolute atomic E-state index is 11.1. The van der Waals surface area contributed by atoms with Crippen LogP contribution in [-0.2, 0) is 14.3 Å². The van der Waals surface area contributed by atoms with Crippen molar-refractivity contribution in [3.8, 4) is 0 Å². The van der Waals surface area contributed by atoms with Crippen LogP contribution in [0.25, 0.3) is 0 Å². The summed E-state index contributed by atoms with van der Waals surface area (Å²) in [5.74, 6) is -0.698. The average molecular weight is 300 g/mol. The number of allylic oxidation sites excluding steroid dienone is 5. The normalized spacial score (nSPS) is 16.1. The van der Waals surface area contributed by atoms with Crippen molar-refractivity contribution in [2.75, 3.05) is 6.61 Å². The SMILES string of the molecule is NC(=O)C1=CN=CN=CCOC=CC=CC=COC=CC=N1.